The fourth-order valence-electron chi connectivity index (χ4n) is 0.445. The number of aryl methyl sites for hydroxylation is 1. The molecule has 0 saturated carbocycles. The third-order valence-electron chi connectivity index (χ3n) is 0.891. The van der Waals surface area contributed by atoms with E-state index in [2.05, 4.69) is 14.9 Å². The van der Waals surface area contributed by atoms with E-state index in [0.29, 0.717) is 12.1 Å². The van der Waals surface area contributed by atoms with Crippen LogP contribution in [0.25, 0.3) is 0 Å². The number of hydrogen-bond donors (Lipinski definition) is 1. The van der Waals surface area contributed by atoms with Crippen LogP contribution < -0.4 is 5.56 Å². The van der Waals surface area contributed by atoms with Crippen LogP contribution in [0.2, 0.25) is 0 Å². The Hall–Kier alpha value is -1.06. The SMILES string of the molecule is CCc1no[nH]c1=O. The highest BCUT2D eigenvalue weighted by Crippen LogP contribution is 1.80. The molecule has 0 amide bonds. The Bertz CT molecular complexity index is 212. The molecule has 0 aliphatic carbocycles. The molecule has 1 aromatic rings. The lowest BCUT2D eigenvalue weighted by Crippen LogP contribution is -2.03. The van der Waals surface area contributed by atoms with E-state index in [9.17, 15) is 4.79 Å². The minimum atomic E-state index is -0.229. The van der Waals surface area contributed by atoms with E-state index in [-0.39, 0.29) is 5.56 Å². The number of aromatic nitrogens is 2. The summed E-state index contributed by atoms with van der Waals surface area (Å²) >= 11 is 0. The Labute approximate surface area is 45.5 Å². The van der Waals surface area contributed by atoms with E-state index in [1.165, 1.54) is 0 Å². The van der Waals surface area contributed by atoms with Gasteiger partial charge in [-0.3, -0.25) is 9.42 Å². The molecule has 4 nitrogen and oxygen atoms in total. The zero-order chi connectivity index (χ0) is 5.98. The van der Waals surface area contributed by atoms with Crippen LogP contribution in [0.3, 0.4) is 0 Å². The van der Waals surface area contributed by atoms with Gasteiger partial charge in [0.1, 0.15) is 0 Å². The molecular formula is C4H6N2O2. The van der Waals surface area contributed by atoms with Gasteiger partial charge in [-0.25, -0.2) is 0 Å². The summed E-state index contributed by atoms with van der Waals surface area (Å²) in [6.45, 7) is 1.84. The van der Waals surface area contributed by atoms with Gasteiger partial charge in [-0.15, -0.1) is 0 Å². The van der Waals surface area contributed by atoms with Crippen LogP contribution in [0.15, 0.2) is 9.42 Å². The molecule has 4 heteroatoms. The fourth-order valence-corrected chi connectivity index (χ4v) is 0.445. The number of nitrogens with zero attached hydrogens (tertiary/aromatic N) is 1. The zero-order valence-corrected chi connectivity index (χ0v) is 4.47. The predicted molar refractivity (Wildman–Crippen MR) is 26.5 cm³/mol. The third-order valence-corrected chi connectivity index (χ3v) is 0.891. The number of hydrogen-bond acceptors (Lipinski definition) is 3. The quantitative estimate of drug-likeness (QED) is 0.555. The van der Waals surface area contributed by atoms with Gasteiger partial charge in [-0.05, 0) is 6.42 Å². The minimum absolute atomic E-state index is 0.229. The smallest absolute Gasteiger partial charge is 0.267 e. The van der Waals surface area contributed by atoms with Crippen LogP contribution in [-0.4, -0.2) is 10.3 Å². The minimum Gasteiger partial charge on any atom is -0.267 e. The van der Waals surface area contributed by atoms with E-state index in [1.54, 1.807) is 0 Å². The van der Waals surface area contributed by atoms with Gasteiger partial charge in [0.2, 0.25) is 0 Å². The standard InChI is InChI=1S/C4H6N2O2/c1-2-3-4(7)6-8-5-3/h2H2,1H3,(H,6,7). The number of nitrogens with one attached hydrogen (secondary N) is 1. The van der Waals surface area contributed by atoms with Crippen LogP contribution in [0.4, 0.5) is 0 Å². The molecule has 0 saturated heterocycles. The topological polar surface area (TPSA) is 58.9 Å². The van der Waals surface area contributed by atoms with Gasteiger partial charge in [0, 0.05) is 0 Å². The first-order chi connectivity index (χ1) is 3.84. The van der Waals surface area contributed by atoms with E-state index < -0.39 is 0 Å². The molecule has 0 radical (unpaired) electrons. The lowest BCUT2D eigenvalue weighted by atomic mass is 10.4. The van der Waals surface area contributed by atoms with Crippen molar-refractivity contribution < 1.29 is 4.63 Å². The Kier molecular flexibility index (Phi) is 1.15. The van der Waals surface area contributed by atoms with Crippen molar-refractivity contribution in [1.29, 1.82) is 0 Å². The first kappa shape index (κ1) is 5.08. The summed E-state index contributed by atoms with van der Waals surface area (Å²) in [6.07, 6.45) is 0.617. The number of H-pyrrole nitrogens is 1. The Morgan fingerprint density at radius 2 is 2.62 bits per heavy atom. The second-order valence-electron chi connectivity index (χ2n) is 1.41. The molecular weight excluding hydrogens is 108 g/mol. The van der Waals surface area contributed by atoms with Crippen LogP contribution >= 0.6 is 0 Å². The second kappa shape index (κ2) is 1.81. The van der Waals surface area contributed by atoms with Gasteiger partial charge >= 0.3 is 5.56 Å². The van der Waals surface area contributed by atoms with Gasteiger partial charge in [-0.2, -0.15) is 5.16 Å². The van der Waals surface area contributed by atoms with Crippen molar-refractivity contribution in [2.24, 2.45) is 0 Å². The van der Waals surface area contributed by atoms with Gasteiger partial charge in [0.05, 0.1) is 0 Å². The Balaban J connectivity index is 3.11. The molecule has 8 heavy (non-hydrogen) atoms. The summed E-state index contributed by atoms with van der Waals surface area (Å²) in [5, 5.41) is 5.47. The lowest BCUT2D eigenvalue weighted by Gasteiger charge is -1.72. The molecule has 0 unspecified atom stereocenters. The van der Waals surface area contributed by atoms with Gasteiger partial charge < -0.3 is 0 Å². The summed E-state index contributed by atoms with van der Waals surface area (Å²) in [5.74, 6) is 0. The number of rotatable bonds is 1. The van der Waals surface area contributed by atoms with Crippen LogP contribution in [0.5, 0.6) is 0 Å². The highest BCUT2D eigenvalue weighted by atomic mass is 16.6. The van der Waals surface area contributed by atoms with Crippen molar-refractivity contribution in [1.82, 2.24) is 10.3 Å². The second-order valence-corrected chi connectivity index (χ2v) is 1.41. The maximum absolute atomic E-state index is 10.4. The third kappa shape index (κ3) is 0.641. The predicted octanol–water partition coefficient (Wildman–Crippen LogP) is -0.0747. The largest absolute Gasteiger partial charge is 0.303 e. The van der Waals surface area contributed by atoms with Crippen molar-refractivity contribution in [3.63, 3.8) is 0 Å². The van der Waals surface area contributed by atoms with E-state index in [0.717, 1.165) is 0 Å². The highest BCUT2D eigenvalue weighted by Gasteiger charge is 1.97. The monoisotopic (exact) mass is 114 g/mol. The summed E-state index contributed by atoms with van der Waals surface area (Å²) in [6, 6.07) is 0. The van der Waals surface area contributed by atoms with Crippen molar-refractivity contribution in [3.8, 4) is 0 Å². The Morgan fingerprint density at radius 1 is 1.88 bits per heavy atom. The molecule has 0 bridgehead atoms. The van der Waals surface area contributed by atoms with E-state index in [1.807, 2.05) is 6.92 Å². The molecule has 44 valence electrons. The van der Waals surface area contributed by atoms with Gasteiger partial charge in [0.25, 0.3) is 0 Å². The lowest BCUT2D eigenvalue weighted by molar-refractivity contribution is 0.300. The molecule has 0 aliphatic rings. The summed E-state index contributed by atoms with van der Waals surface area (Å²) in [4.78, 5) is 10.4. The normalized spacial score (nSPS) is 9.62. The van der Waals surface area contributed by atoms with E-state index >= 15 is 0 Å². The van der Waals surface area contributed by atoms with Crippen molar-refractivity contribution >= 4 is 0 Å². The molecule has 0 aromatic carbocycles. The summed E-state index contributed by atoms with van der Waals surface area (Å²) in [7, 11) is 0. The molecule has 0 aliphatic heterocycles. The average Bonchev–Trinajstić information content (AvgIpc) is 2.14. The molecule has 1 N–H and O–H groups in total. The molecule has 0 fully saturated rings. The number of aromatic amines is 1. The summed E-state index contributed by atoms with van der Waals surface area (Å²) < 4.78 is 4.25. The molecule has 0 atom stereocenters. The van der Waals surface area contributed by atoms with Crippen LogP contribution in [0.1, 0.15) is 12.6 Å². The molecule has 0 spiro atoms. The zero-order valence-electron chi connectivity index (χ0n) is 4.47. The maximum atomic E-state index is 10.4. The first-order valence-corrected chi connectivity index (χ1v) is 2.38. The highest BCUT2D eigenvalue weighted by molar-refractivity contribution is 4.88. The molecule has 1 aromatic heterocycles. The first-order valence-electron chi connectivity index (χ1n) is 2.38. The van der Waals surface area contributed by atoms with Crippen molar-refractivity contribution in [3.05, 3.63) is 16.0 Å². The summed E-state index contributed by atoms with van der Waals surface area (Å²) in [5.41, 5.74) is 0.220. The molecule has 1 heterocycles. The van der Waals surface area contributed by atoms with Gasteiger partial charge in [-0.1, -0.05) is 12.1 Å². The van der Waals surface area contributed by atoms with Crippen molar-refractivity contribution in [2.75, 3.05) is 0 Å². The van der Waals surface area contributed by atoms with Crippen LogP contribution in [0, 0.1) is 0 Å². The fraction of sp³-hybridized carbons (Fsp3) is 0.500. The van der Waals surface area contributed by atoms with Crippen LogP contribution in [-0.2, 0) is 6.42 Å². The van der Waals surface area contributed by atoms with E-state index in [4.69, 9.17) is 0 Å². The Morgan fingerprint density at radius 3 is 2.88 bits per heavy atom. The van der Waals surface area contributed by atoms with Crippen molar-refractivity contribution in [2.45, 2.75) is 13.3 Å². The van der Waals surface area contributed by atoms with Gasteiger partial charge in [0.15, 0.2) is 5.69 Å². The average molecular weight is 114 g/mol. The molecule has 1 rings (SSSR count). The maximum Gasteiger partial charge on any atom is 0.303 e.